The van der Waals surface area contributed by atoms with E-state index in [0.29, 0.717) is 41.1 Å². The molecule has 3 aliphatic rings. The molecule has 6 rings (SSSR count). The fraction of sp³-hybridized carbons (Fsp3) is 0.458. The van der Waals surface area contributed by atoms with Gasteiger partial charge in [0.05, 0.1) is 28.0 Å². The third-order valence-corrected chi connectivity index (χ3v) is 7.55. The van der Waals surface area contributed by atoms with Gasteiger partial charge in [0.2, 0.25) is 0 Å². The number of aromatic nitrogens is 3. The number of benzene rings is 1. The second-order valence-electron chi connectivity index (χ2n) is 9.51. The van der Waals surface area contributed by atoms with Crippen molar-refractivity contribution in [3.63, 3.8) is 0 Å². The van der Waals surface area contributed by atoms with Crippen molar-refractivity contribution in [1.29, 1.82) is 0 Å². The van der Waals surface area contributed by atoms with E-state index in [1.807, 2.05) is 10.8 Å². The van der Waals surface area contributed by atoms with Crippen LogP contribution in [-0.4, -0.2) is 39.1 Å². The summed E-state index contributed by atoms with van der Waals surface area (Å²) in [5.74, 6) is 1.07. The number of hydrogen-bond donors (Lipinski definition) is 1. The highest BCUT2D eigenvalue weighted by Gasteiger charge is 2.45. The molecule has 2 saturated heterocycles. The van der Waals surface area contributed by atoms with Crippen LogP contribution in [0.4, 0.5) is 19.0 Å². The van der Waals surface area contributed by atoms with Crippen molar-refractivity contribution in [2.24, 2.45) is 0 Å². The average Bonchev–Trinajstić information content (AvgIpc) is 3.48. The summed E-state index contributed by atoms with van der Waals surface area (Å²) in [6, 6.07) is 5.65. The van der Waals surface area contributed by atoms with Crippen LogP contribution in [0.25, 0.3) is 10.9 Å². The SMILES string of the molecule is Cc1nc(NC2CCc3c2cccc3C(F)(F)F)c2cn(C34CCN(CC3)C4)c(=O)cc2n1. The van der Waals surface area contributed by atoms with E-state index in [1.54, 1.807) is 19.1 Å². The van der Waals surface area contributed by atoms with Crippen LogP contribution in [0.1, 0.15) is 47.8 Å². The summed E-state index contributed by atoms with van der Waals surface area (Å²) >= 11 is 0. The van der Waals surface area contributed by atoms with Gasteiger partial charge >= 0.3 is 6.18 Å². The summed E-state index contributed by atoms with van der Waals surface area (Å²) in [4.78, 5) is 24.5. The van der Waals surface area contributed by atoms with Crippen molar-refractivity contribution in [3.8, 4) is 0 Å². The molecule has 4 heterocycles. The van der Waals surface area contributed by atoms with Crippen LogP contribution in [0.5, 0.6) is 0 Å². The number of halogens is 3. The Balaban J connectivity index is 1.43. The Morgan fingerprint density at radius 3 is 2.67 bits per heavy atom. The fourth-order valence-corrected chi connectivity index (χ4v) is 5.95. The Morgan fingerprint density at radius 1 is 1.18 bits per heavy atom. The van der Waals surface area contributed by atoms with Gasteiger partial charge in [-0.2, -0.15) is 13.2 Å². The van der Waals surface area contributed by atoms with Crippen LogP contribution in [-0.2, 0) is 18.1 Å². The zero-order valence-electron chi connectivity index (χ0n) is 18.2. The fourth-order valence-electron chi connectivity index (χ4n) is 5.95. The zero-order valence-corrected chi connectivity index (χ0v) is 18.2. The summed E-state index contributed by atoms with van der Waals surface area (Å²) in [5.41, 5.74) is 0.727. The van der Waals surface area contributed by atoms with Gasteiger partial charge < -0.3 is 14.8 Å². The zero-order chi connectivity index (χ0) is 23.0. The molecule has 0 saturated carbocycles. The molecule has 2 aromatic heterocycles. The number of anilines is 1. The summed E-state index contributed by atoms with van der Waals surface area (Å²) < 4.78 is 42.3. The molecule has 9 heteroatoms. The van der Waals surface area contributed by atoms with Gasteiger partial charge in [0, 0.05) is 31.9 Å². The minimum Gasteiger partial charge on any atom is -0.363 e. The quantitative estimate of drug-likeness (QED) is 0.646. The highest BCUT2D eigenvalue weighted by Crippen LogP contribution is 2.42. The van der Waals surface area contributed by atoms with E-state index >= 15 is 0 Å². The maximum absolute atomic E-state index is 13.5. The number of pyridine rings is 1. The molecular weight excluding hydrogens is 431 g/mol. The van der Waals surface area contributed by atoms with Crippen LogP contribution in [0, 0.1) is 6.92 Å². The van der Waals surface area contributed by atoms with Crippen LogP contribution >= 0.6 is 0 Å². The molecule has 1 unspecified atom stereocenters. The largest absolute Gasteiger partial charge is 0.416 e. The molecule has 172 valence electrons. The number of aryl methyl sites for hydroxylation is 1. The Morgan fingerprint density at radius 2 is 1.97 bits per heavy atom. The van der Waals surface area contributed by atoms with E-state index in [9.17, 15) is 18.0 Å². The minimum atomic E-state index is -4.37. The molecule has 1 aromatic carbocycles. The molecule has 2 bridgehead atoms. The first-order valence-electron chi connectivity index (χ1n) is 11.3. The van der Waals surface area contributed by atoms with Gasteiger partial charge in [-0.05, 0) is 49.8 Å². The van der Waals surface area contributed by atoms with Crippen molar-refractivity contribution in [2.45, 2.75) is 50.4 Å². The van der Waals surface area contributed by atoms with Gasteiger partial charge in [-0.3, -0.25) is 4.79 Å². The number of fused-ring (bicyclic) bond motifs is 4. The number of hydrogen-bond acceptors (Lipinski definition) is 5. The highest BCUT2D eigenvalue weighted by atomic mass is 19.4. The summed E-state index contributed by atoms with van der Waals surface area (Å²) in [6.45, 7) is 4.59. The minimum absolute atomic E-state index is 0.0728. The molecule has 0 spiro atoms. The molecule has 33 heavy (non-hydrogen) atoms. The Labute approximate surface area is 188 Å². The number of nitrogens with one attached hydrogen (secondary N) is 1. The number of rotatable bonds is 3. The molecule has 1 atom stereocenters. The first kappa shape index (κ1) is 20.7. The van der Waals surface area contributed by atoms with Crippen molar-refractivity contribution in [3.05, 3.63) is 63.3 Å². The molecule has 2 fully saturated rings. The molecular formula is C24H24F3N5O. The number of piperidine rings is 1. The van der Waals surface area contributed by atoms with E-state index in [0.717, 1.165) is 43.9 Å². The maximum Gasteiger partial charge on any atom is 0.416 e. The Bertz CT molecular complexity index is 1320. The van der Waals surface area contributed by atoms with Crippen molar-refractivity contribution >= 4 is 16.7 Å². The maximum atomic E-state index is 13.5. The van der Waals surface area contributed by atoms with Gasteiger partial charge in [-0.15, -0.1) is 0 Å². The standard InChI is InChI=1S/C24H24F3N5O/c1-14-28-20-11-21(33)32(23-7-9-31(13-23)10-8-23)12-17(20)22(29-14)30-19-6-5-15-16(19)3-2-4-18(15)24(25,26)27/h2-4,11-12,19H,5-10,13H2,1H3,(H,28,29,30). The van der Waals surface area contributed by atoms with Crippen LogP contribution in [0.2, 0.25) is 0 Å². The molecule has 1 N–H and O–H groups in total. The summed E-state index contributed by atoms with van der Waals surface area (Å²) in [7, 11) is 0. The first-order valence-corrected chi connectivity index (χ1v) is 11.3. The average molecular weight is 455 g/mol. The van der Waals surface area contributed by atoms with Gasteiger partial charge in [-0.1, -0.05) is 12.1 Å². The van der Waals surface area contributed by atoms with E-state index in [2.05, 4.69) is 20.2 Å². The van der Waals surface area contributed by atoms with Gasteiger partial charge in [0.25, 0.3) is 5.56 Å². The monoisotopic (exact) mass is 455 g/mol. The van der Waals surface area contributed by atoms with Gasteiger partial charge in [-0.25, -0.2) is 9.97 Å². The lowest BCUT2D eigenvalue weighted by atomic mass is 9.94. The summed E-state index contributed by atoms with van der Waals surface area (Å²) in [6.07, 6.45) is 0.259. The van der Waals surface area contributed by atoms with Crippen LogP contribution in [0.15, 0.2) is 35.3 Å². The molecule has 2 aliphatic heterocycles. The van der Waals surface area contributed by atoms with Gasteiger partial charge in [0.1, 0.15) is 11.6 Å². The third kappa shape index (κ3) is 3.24. The normalized spacial score (nSPS) is 26.2. The number of alkyl halides is 3. The van der Waals surface area contributed by atoms with Gasteiger partial charge in [0.15, 0.2) is 0 Å². The summed E-state index contributed by atoms with van der Waals surface area (Å²) in [5, 5.41) is 4.12. The highest BCUT2D eigenvalue weighted by molar-refractivity contribution is 5.88. The lowest BCUT2D eigenvalue weighted by molar-refractivity contribution is -0.138. The predicted octanol–water partition coefficient (Wildman–Crippen LogP) is 4.02. The second-order valence-corrected chi connectivity index (χ2v) is 9.51. The topological polar surface area (TPSA) is 63.1 Å². The lowest BCUT2D eigenvalue weighted by Gasteiger charge is -2.28. The van der Waals surface area contributed by atoms with Crippen LogP contribution in [0.3, 0.4) is 0 Å². The number of nitrogens with zero attached hydrogens (tertiary/aromatic N) is 4. The molecule has 0 radical (unpaired) electrons. The Kier molecular flexibility index (Phi) is 4.40. The first-order chi connectivity index (χ1) is 15.7. The van der Waals surface area contributed by atoms with Crippen LogP contribution < -0.4 is 10.9 Å². The van der Waals surface area contributed by atoms with Crippen molar-refractivity contribution in [1.82, 2.24) is 19.4 Å². The smallest absolute Gasteiger partial charge is 0.363 e. The molecule has 0 amide bonds. The molecule has 6 nitrogen and oxygen atoms in total. The third-order valence-electron chi connectivity index (χ3n) is 7.55. The lowest BCUT2D eigenvalue weighted by Crippen LogP contribution is -2.40. The van der Waals surface area contributed by atoms with E-state index in [1.165, 1.54) is 6.07 Å². The predicted molar refractivity (Wildman–Crippen MR) is 118 cm³/mol. The Hall–Kier alpha value is -2.94. The molecule has 3 aromatic rings. The van der Waals surface area contributed by atoms with Crippen molar-refractivity contribution < 1.29 is 13.2 Å². The van der Waals surface area contributed by atoms with E-state index < -0.39 is 11.7 Å². The second kappa shape index (κ2) is 7.03. The van der Waals surface area contributed by atoms with Crippen molar-refractivity contribution in [2.75, 3.05) is 25.0 Å². The molecule has 1 aliphatic carbocycles. The van der Waals surface area contributed by atoms with E-state index in [4.69, 9.17) is 0 Å². The van der Waals surface area contributed by atoms with E-state index in [-0.39, 0.29) is 17.1 Å².